The summed E-state index contributed by atoms with van der Waals surface area (Å²) in [4.78, 5) is 0. The molecule has 0 bridgehead atoms. The van der Waals surface area contributed by atoms with Gasteiger partial charge in [-0.2, -0.15) is 0 Å². The number of aliphatic hydroxyl groups is 2. The molecule has 2 unspecified atom stereocenters. The maximum atomic E-state index is 10.5. The molecular weight excluding hydrogens is 420 g/mol. The second-order valence-corrected chi connectivity index (χ2v) is 8.08. The third kappa shape index (κ3) is 6.71. The monoisotopic (exact) mass is 450 g/mol. The van der Waals surface area contributed by atoms with Crippen molar-refractivity contribution in [2.75, 3.05) is 6.61 Å². The third-order valence-electron chi connectivity index (χ3n) is 5.60. The standard InChI is InChI=1S/C27H30O6/c28-24-26(32-18-22-14-8-3-9-15-22)25(33-27(24)29)23(31-17-21-12-6-2-7-13-21)19-30-16-20-10-4-1-5-11-20/h1-15,23-29H,16-19H2/t23?,24-,25+,26?,27+/m0/s1. The highest BCUT2D eigenvalue weighted by Gasteiger charge is 2.48. The Hall–Kier alpha value is -2.58. The molecule has 2 N–H and O–H groups in total. The number of hydrogen-bond donors (Lipinski definition) is 2. The second kappa shape index (κ2) is 12.0. The van der Waals surface area contributed by atoms with Gasteiger partial charge in [0.15, 0.2) is 6.29 Å². The van der Waals surface area contributed by atoms with Crippen LogP contribution in [0.2, 0.25) is 0 Å². The average Bonchev–Trinajstić information content (AvgIpc) is 3.15. The molecule has 174 valence electrons. The van der Waals surface area contributed by atoms with Gasteiger partial charge in [0.05, 0.1) is 26.4 Å². The van der Waals surface area contributed by atoms with Crippen LogP contribution in [0.25, 0.3) is 0 Å². The van der Waals surface area contributed by atoms with Gasteiger partial charge in [-0.3, -0.25) is 0 Å². The molecule has 6 nitrogen and oxygen atoms in total. The SMILES string of the molecule is O[C@@H]1O[C@H](C(COCc2ccccc2)OCc2ccccc2)C(OCc2ccccc2)[C@@H]1O. The maximum Gasteiger partial charge on any atom is 0.184 e. The molecule has 6 heteroatoms. The Labute approximate surface area is 194 Å². The smallest absolute Gasteiger partial charge is 0.184 e. The van der Waals surface area contributed by atoms with Gasteiger partial charge in [0.2, 0.25) is 0 Å². The number of ether oxygens (including phenoxy) is 4. The molecule has 3 aromatic rings. The Balaban J connectivity index is 1.44. The molecule has 33 heavy (non-hydrogen) atoms. The van der Waals surface area contributed by atoms with E-state index in [1.54, 1.807) is 0 Å². The average molecular weight is 451 g/mol. The van der Waals surface area contributed by atoms with Crippen LogP contribution in [0.1, 0.15) is 16.7 Å². The molecule has 0 amide bonds. The summed E-state index contributed by atoms with van der Waals surface area (Å²) in [7, 11) is 0. The summed E-state index contributed by atoms with van der Waals surface area (Å²) in [6.45, 7) is 1.26. The van der Waals surface area contributed by atoms with Gasteiger partial charge in [-0.05, 0) is 16.7 Å². The van der Waals surface area contributed by atoms with Crippen molar-refractivity contribution in [1.29, 1.82) is 0 Å². The number of aliphatic hydroxyl groups excluding tert-OH is 2. The Morgan fingerprint density at radius 3 is 1.79 bits per heavy atom. The normalized spacial score (nSPS) is 23.5. The topological polar surface area (TPSA) is 77.4 Å². The molecule has 5 atom stereocenters. The zero-order valence-corrected chi connectivity index (χ0v) is 18.4. The molecule has 0 radical (unpaired) electrons. The van der Waals surface area contributed by atoms with Gasteiger partial charge >= 0.3 is 0 Å². The highest BCUT2D eigenvalue weighted by Crippen LogP contribution is 2.28. The van der Waals surface area contributed by atoms with Gasteiger partial charge in [0, 0.05) is 0 Å². The van der Waals surface area contributed by atoms with E-state index in [-0.39, 0.29) is 13.2 Å². The Morgan fingerprint density at radius 1 is 0.697 bits per heavy atom. The summed E-state index contributed by atoms with van der Waals surface area (Å²) in [6, 6.07) is 29.3. The van der Waals surface area contributed by atoms with Crippen molar-refractivity contribution in [3.05, 3.63) is 108 Å². The van der Waals surface area contributed by atoms with E-state index in [9.17, 15) is 10.2 Å². The maximum absolute atomic E-state index is 10.5. The summed E-state index contributed by atoms with van der Waals surface area (Å²) in [5, 5.41) is 20.8. The minimum Gasteiger partial charge on any atom is -0.385 e. The van der Waals surface area contributed by atoms with Crippen molar-refractivity contribution >= 4 is 0 Å². The van der Waals surface area contributed by atoms with E-state index >= 15 is 0 Å². The fourth-order valence-corrected chi connectivity index (χ4v) is 3.82. The molecule has 1 fully saturated rings. The summed E-state index contributed by atoms with van der Waals surface area (Å²) in [6.07, 6.45) is -4.55. The quantitative estimate of drug-likeness (QED) is 0.466. The van der Waals surface area contributed by atoms with Crippen LogP contribution in [0, 0.1) is 0 Å². The molecular formula is C27H30O6. The predicted octanol–water partition coefficient (Wildman–Crippen LogP) is 3.45. The van der Waals surface area contributed by atoms with Crippen LogP contribution in [0.15, 0.2) is 91.0 Å². The first kappa shape index (κ1) is 23.6. The van der Waals surface area contributed by atoms with Crippen molar-refractivity contribution < 1.29 is 29.2 Å². The largest absolute Gasteiger partial charge is 0.385 e. The predicted molar refractivity (Wildman–Crippen MR) is 123 cm³/mol. The molecule has 1 aliphatic rings. The van der Waals surface area contributed by atoms with Crippen molar-refractivity contribution in [2.24, 2.45) is 0 Å². The van der Waals surface area contributed by atoms with Crippen LogP contribution >= 0.6 is 0 Å². The van der Waals surface area contributed by atoms with Gasteiger partial charge in [-0.1, -0.05) is 91.0 Å². The van der Waals surface area contributed by atoms with Gasteiger partial charge in [-0.25, -0.2) is 0 Å². The minimum atomic E-state index is -1.35. The van der Waals surface area contributed by atoms with E-state index in [1.807, 2.05) is 91.0 Å². The first-order valence-electron chi connectivity index (χ1n) is 11.1. The lowest BCUT2D eigenvalue weighted by Crippen LogP contribution is -2.44. The first-order valence-corrected chi connectivity index (χ1v) is 11.1. The lowest BCUT2D eigenvalue weighted by atomic mass is 10.1. The van der Waals surface area contributed by atoms with E-state index in [2.05, 4.69) is 0 Å². The lowest BCUT2D eigenvalue weighted by molar-refractivity contribution is -0.170. The van der Waals surface area contributed by atoms with Crippen molar-refractivity contribution in [3.63, 3.8) is 0 Å². The molecule has 0 aromatic heterocycles. The Morgan fingerprint density at radius 2 is 1.21 bits per heavy atom. The van der Waals surface area contributed by atoms with Gasteiger partial charge < -0.3 is 29.2 Å². The molecule has 1 heterocycles. The third-order valence-corrected chi connectivity index (χ3v) is 5.60. The van der Waals surface area contributed by atoms with Crippen molar-refractivity contribution in [1.82, 2.24) is 0 Å². The van der Waals surface area contributed by atoms with Crippen molar-refractivity contribution in [2.45, 2.75) is 50.5 Å². The van der Waals surface area contributed by atoms with Crippen LogP contribution in [0.4, 0.5) is 0 Å². The van der Waals surface area contributed by atoms with Crippen LogP contribution in [-0.4, -0.2) is 47.5 Å². The molecule has 3 aromatic carbocycles. The minimum absolute atomic E-state index is 0.219. The number of hydrogen-bond acceptors (Lipinski definition) is 6. The van der Waals surface area contributed by atoms with Crippen LogP contribution < -0.4 is 0 Å². The van der Waals surface area contributed by atoms with E-state index in [4.69, 9.17) is 18.9 Å². The van der Waals surface area contributed by atoms with E-state index < -0.39 is 30.7 Å². The van der Waals surface area contributed by atoms with E-state index in [0.29, 0.717) is 13.2 Å². The summed E-state index contributed by atoms with van der Waals surface area (Å²) in [5.41, 5.74) is 3.02. The fraction of sp³-hybridized carbons (Fsp3) is 0.333. The summed E-state index contributed by atoms with van der Waals surface area (Å²) < 4.78 is 23.8. The zero-order chi connectivity index (χ0) is 22.9. The van der Waals surface area contributed by atoms with Crippen LogP contribution in [-0.2, 0) is 38.8 Å². The van der Waals surface area contributed by atoms with Gasteiger partial charge in [-0.15, -0.1) is 0 Å². The van der Waals surface area contributed by atoms with Crippen LogP contribution in [0.3, 0.4) is 0 Å². The zero-order valence-electron chi connectivity index (χ0n) is 18.4. The molecule has 0 spiro atoms. The summed E-state index contributed by atoms with van der Waals surface area (Å²) in [5.74, 6) is 0. The molecule has 4 rings (SSSR count). The summed E-state index contributed by atoms with van der Waals surface area (Å²) >= 11 is 0. The highest BCUT2D eigenvalue weighted by molar-refractivity contribution is 5.15. The Bertz CT molecular complexity index is 937. The number of benzene rings is 3. The lowest BCUT2D eigenvalue weighted by Gasteiger charge is -2.28. The second-order valence-electron chi connectivity index (χ2n) is 8.08. The molecule has 1 saturated heterocycles. The molecule has 0 saturated carbocycles. The highest BCUT2D eigenvalue weighted by atomic mass is 16.7. The van der Waals surface area contributed by atoms with Crippen molar-refractivity contribution in [3.8, 4) is 0 Å². The fourth-order valence-electron chi connectivity index (χ4n) is 3.82. The first-order chi connectivity index (χ1) is 16.2. The number of rotatable bonds is 11. The van der Waals surface area contributed by atoms with Gasteiger partial charge in [0.25, 0.3) is 0 Å². The van der Waals surface area contributed by atoms with Gasteiger partial charge in [0.1, 0.15) is 24.4 Å². The van der Waals surface area contributed by atoms with E-state index in [1.165, 1.54) is 0 Å². The molecule has 0 aliphatic carbocycles. The van der Waals surface area contributed by atoms with E-state index in [0.717, 1.165) is 16.7 Å². The molecule has 1 aliphatic heterocycles. The Kier molecular flexibility index (Phi) is 8.60. The van der Waals surface area contributed by atoms with Crippen LogP contribution in [0.5, 0.6) is 0 Å².